The Hall–Kier alpha value is -2.82. The first-order valence-electron chi connectivity index (χ1n) is 6.38. The Morgan fingerprint density at radius 1 is 1.43 bits per heavy atom. The molecule has 5 nitrogen and oxygen atoms in total. The summed E-state index contributed by atoms with van der Waals surface area (Å²) in [6.45, 7) is 5.52. The molecule has 0 spiro atoms. The number of nitrogens with one attached hydrogen (secondary N) is 2. The van der Waals surface area contributed by atoms with Crippen LogP contribution in [0.25, 0.3) is 6.08 Å². The molecule has 5 heteroatoms. The molecule has 1 aromatic heterocycles. The Kier molecular flexibility index (Phi) is 5.95. The smallest absolute Gasteiger partial charge is 0.126 e. The summed E-state index contributed by atoms with van der Waals surface area (Å²) in [5, 5.41) is 19.3. The summed E-state index contributed by atoms with van der Waals surface area (Å²) in [7, 11) is 1.87. The second-order valence-corrected chi connectivity index (χ2v) is 4.32. The topological polar surface area (TPSA) is 95.0 Å². The molecule has 1 aromatic carbocycles. The molecule has 0 fully saturated rings. The van der Waals surface area contributed by atoms with Crippen LogP contribution in [0.5, 0.6) is 5.75 Å². The van der Waals surface area contributed by atoms with E-state index in [1.807, 2.05) is 26.1 Å². The van der Waals surface area contributed by atoms with E-state index < -0.39 is 0 Å². The van der Waals surface area contributed by atoms with Crippen molar-refractivity contribution in [1.29, 1.82) is 5.41 Å². The predicted molar refractivity (Wildman–Crippen MR) is 87.7 cm³/mol. The Morgan fingerprint density at radius 2 is 2.14 bits per heavy atom. The second kappa shape index (κ2) is 7.69. The number of anilines is 1. The van der Waals surface area contributed by atoms with Gasteiger partial charge in [0.2, 0.25) is 0 Å². The van der Waals surface area contributed by atoms with Crippen molar-refractivity contribution in [3.63, 3.8) is 0 Å². The van der Waals surface area contributed by atoms with Crippen LogP contribution in [-0.2, 0) is 0 Å². The van der Waals surface area contributed by atoms with E-state index in [1.165, 1.54) is 6.07 Å². The van der Waals surface area contributed by atoms with E-state index in [1.54, 1.807) is 24.4 Å². The zero-order valence-electron chi connectivity index (χ0n) is 12.2. The molecule has 0 saturated carbocycles. The van der Waals surface area contributed by atoms with Crippen LogP contribution in [0, 0.1) is 12.3 Å². The monoisotopic (exact) mass is 284 g/mol. The Balaban J connectivity index is 0.000000211. The van der Waals surface area contributed by atoms with Gasteiger partial charge >= 0.3 is 0 Å². The summed E-state index contributed by atoms with van der Waals surface area (Å²) in [4.78, 5) is 4.09. The molecule has 1 heterocycles. The third-order valence-electron chi connectivity index (χ3n) is 2.74. The molecule has 0 bridgehead atoms. The minimum atomic E-state index is -0.105. The Labute approximate surface area is 124 Å². The van der Waals surface area contributed by atoms with Crippen LogP contribution in [0.4, 0.5) is 5.69 Å². The highest BCUT2D eigenvalue weighted by Gasteiger charge is 2.02. The molecule has 110 valence electrons. The van der Waals surface area contributed by atoms with Gasteiger partial charge in [0, 0.05) is 13.2 Å². The Bertz CT molecular complexity index is 638. The van der Waals surface area contributed by atoms with Crippen molar-refractivity contribution < 1.29 is 5.11 Å². The van der Waals surface area contributed by atoms with Gasteiger partial charge in [0.1, 0.15) is 11.6 Å². The van der Waals surface area contributed by atoms with Crippen LogP contribution < -0.4 is 11.1 Å². The minimum absolute atomic E-state index is 0.0584. The number of nitrogens with two attached hydrogens (primary N) is 1. The highest BCUT2D eigenvalue weighted by molar-refractivity contribution is 5.97. The lowest BCUT2D eigenvalue weighted by atomic mass is 10.1. The number of benzene rings is 1. The zero-order valence-corrected chi connectivity index (χ0v) is 12.2. The largest absolute Gasteiger partial charge is 0.507 e. The normalized spacial score (nSPS) is 9.24. The van der Waals surface area contributed by atoms with Crippen LogP contribution in [-0.4, -0.2) is 23.0 Å². The van der Waals surface area contributed by atoms with E-state index in [0.29, 0.717) is 5.56 Å². The fraction of sp³-hybridized carbons (Fsp3) is 0.125. The molecular weight excluding hydrogens is 264 g/mol. The van der Waals surface area contributed by atoms with Crippen LogP contribution in [0.15, 0.2) is 43.1 Å². The van der Waals surface area contributed by atoms with Gasteiger partial charge in [-0.05, 0) is 37.3 Å². The number of pyridine rings is 1. The standard InChI is InChI=1S/C8H10N2O.C8H10N2/c1-5-2-3-7(11)6(4-5)8(9)10;1-3-7-8(9-2)5-4-6-10-7/h2-4,11H,1H3,(H3,9,10);3-6,9H,1H2,2H3. The quantitative estimate of drug-likeness (QED) is 0.515. The van der Waals surface area contributed by atoms with E-state index in [9.17, 15) is 5.11 Å². The van der Waals surface area contributed by atoms with E-state index in [4.69, 9.17) is 11.1 Å². The summed E-state index contributed by atoms with van der Waals surface area (Å²) in [6, 6.07) is 8.83. The van der Waals surface area contributed by atoms with Crippen molar-refractivity contribution in [3.05, 3.63) is 59.9 Å². The molecule has 0 unspecified atom stereocenters. The summed E-state index contributed by atoms with van der Waals surface area (Å²) >= 11 is 0. The number of rotatable bonds is 3. The molecule has 0 aliphatic carbocycles. The molecule has 0 atom stereocenters. The number of hydrogen-bond donors (Lipinski definition) is 4. The molecular formula is C16H20N4O. The summed E-state index contributed by atoms with van der Waals surface area (Å²) < 4.78 is 0. The van der Waals surface area contributed by atoms with Gasteiger partial charge in [0.15, 0.2) is 0 Å². The van der Waals surface area contributed by atoms with Crippen LogP contribution in [0.2, 0.25) is 0 Å². The third kappa shape index (κ3) is 4.65. The average Bonchev–Trinajstić information content (AvgIpc) is 2.50. The van der Waals surface area contributed by atoms with E-state index in [-0.39, 0.29) is 11.6 Å². The number of nitrogens with zero attached hydrogens (tertiary/aromatic N) is 1. The van der Waals surface area contributed by atoms with Gasteiger partial charge in [0.05, 0.1) is 16.9 Å². The fourth-order valence-corrected chi connectivity index (χ4v) is 1.66. The molecule has 0 saturated heterocycles. The minimum Gasteiger partial charge on any atom is -0.507 e. The lowest BCUT2D eigenvalue weighted by molar-refractivity contribution is 0.474. The number of aromatic hydroxyl groups is 1. The molecule has 2 aromatic rings. The number of amidine groups is 1. The van der Waals surface area contributed by atoms with Crippen molar-refractivity contribution in [1.82, 2.24) is 4.98 Å². The van der Waals surface area contributed by atoms with Crippen molar-refractivity contribution >= 4 is 17.6 Å². The number of phenols is 1. The maximum atomic E-state index is 9.18. The van der Waals surface area contributed by atoms with Gasteiger partial charge in [-0.25, -0.2) is 0 Å². The molecule has 0 radical (unpaired) electrons. The van der Waals surface area contributed by atoms with Crippen LogP contribution >= 0.6 is 0 Å². The van der Waals surface area contributed by atoms with Gasteiger partial charge in [-0.2, -0.15) is 0 Å². The van der Waals surface area contributed by atoms with E-state index in [0.717, 1.165) is 16.9 Å². The van der Waals surface area contributed by atoms with Crippen molar-refractivity contribution in [2.24, 2.45) is 5.73 Å². The van der Waals surface area contributed by atoms with Crippen LogP contribution in [0.1, 0.15) is 16.8 Å². The SMILES string of the molecule is C=Cc1ncccc1NC.Cc1ccc(O)c(C(=N)N)c1. The molecule has 5 N–H and O–H groups in total. The van der Waals surface area contributed by atoms with Crippen molar-refractivity contribution in [2.75, 3.05) is 12.4 Å². The molecule has 21 heavy (non-hydrogen) atoms. The first-order chi connectivity index (χ1) is 9.99. The number of phenolic OH excluding ortho intramolecular Hbond substituents is 1. The average molecular weight is 284 g/mol. The van der Waals surface area contributed by atoms with Gasteiger partial charge in [-0.15, -0.1) is 0 Å². The van der Waals surface area contributed by atoms with Crippen LogP contribution in [0.3, 0.4) is 0 Å². The zero-order chi connectivity index (χ0) is 15.8. The highest BCUT2D eigenvalue weighted by atomic mass is 16.3. The number of aryl methyl sites for hydroxylation is 1. The molecule has 0 aliphatic heterocycles. The summed E-state index contributed by atoms with van der Waals surface area (Å²) in [6.07, 6.45) is 3.48. The first-order valence-corrected chi connectivity index (χ1v) is 6.38. The van der Waals surface area contributed by atoms with Gasteiger partial charge in [-0.3, -0.25) is 10.4 Å². The molecule has 2 rings (SSSR count). The van der Waals surface area contributed by atoms with Crippen molar-refractivity contribution in [2.45, 2.75) is 6.92 Å². The molecule has 0 amide bonds. The Morgan fingerprint density at radius 3 is 2.62 bits per heavy atom. The van der Waals surface area contributed by atoms with Gasteiger partial charge in [-0.1, -0.05) is 18.2 Å². The maximum absolute atomic E-state index is 9.18. The van der Waals surface area contributed by atoms with E-state index in [2.05, 4.69) is 16.9 Å². The van der Waals surface area contributed by atoms with Gasteiger partial charge < -0.3 is 16.2 Å². The number of nitrogen functional groups attached to an aromatic ring is 1. The number of aromatic nitrogens is 1. The summed E-state index contributed by atoms with van der Waals surface area (Å²) in [5.74, 6) is -0.0469. The van der Waals surface area contributed by atoms with Gasteiger partial charge in [0.25, 0.3) is 0 Å². The predicted octanol–water partition coefficient (Wildman–Crippen LogP) is 2.75. The lowest BCUT2D eigenvalue weighted by Gasteiger charge is -2.02. The third-order valence-corrected chi connectivity index (χ3v) is 2.74. The second-order valence-electron chi connectivity index (χ2n) is 4.32. The van der Waals surface area contributed by atoms with Crippen molar-refractivity contribution in [3.8, 4) is 5.75 Å². The molecule has 0 aliphatic rings. The number of hydrogen-bond acceptors (Lipinski definition) is 4. The first kappa shape index (κ1) is 16.2. The fourth-order valence-electron chi connectivity index (χ4n) is 1.66. The maximum Gasteiger partial charge on any atom is 0.126 e. The summed E-state index contributed by atoms with van der Waals surface area (Å²) in [5.41, 5.74) is 8.49. The van der Waals surface area contributed by atoms with E-state index >= 15 is 0 Å². The lowest BCUT2D eigenvalue weighted by Crippen LogP contribution is -2.11. The highest BCUT2D eigenvalue weighted by Crippen LogP contribution is 2.16.